The van der Waals surface area contributed by atoms with Crippen molar-refractivity contribution in [3.05, 3.63) is 35.2 Å². The number of aryl methyl sites for hydroxylation is 2. The summed E-state index contributed by atoms with van der Waals surface area (Å²) < 4.78 is 11.1. The molecule has 7 heteroatoms. The highest BCUT2D eigenvalue weighted by Crippen LogP contribution is 2.32. The van der Waals surface area contributed by atoms with Crippen molar-refractivity contribution in [3.8, 4) is 11.6 Å². The number of benzene rings is 1. The molecule has 0 bridgehead atoms. The zero-order valence-electron chi connectivity index (χ0n) is 15.9. The summed E-state index contributed by atoms with van der Waals surface area (Å²) in [4.78, 5) is 19.0. The Morgan fingerprint density at radius 1 is 1.37 bits per heavy atom. The number of hydrogen-bond acceptors (Lipinski definition) is 6. The predicted molar refractivity (Wildman–Crippen MR) is 102 cm³/mol. The maximum Gasteiger partial charge on any atom is 0.316 e. The Balaban J connectivity index is 1.50. The largest absolute Gasteiger partial charge is 0.452 e. The summed E-state index contributed by atoms with van der Waals surface area (Å²) in [5.41, 5.74) is 2.86. The van der Waals surface area contributed by atoms with E-state index in [0.717, 1.165) is 41.6 Å². The van der Waals surface area contributed by atoms with Crippen LogP contribution in [0.15, 0.2) is 27.1 Å². The summed E-state index contributed by atoms with van der Waals surface area (Å²) >= 11 is 0. The van der Waals surface area contributed by atoms with Gasteiger partial charge in [-0.2, -0.15) is 4.98 Å². The quantitative estimate of drug-likeness (QED) is 0.744. The molecular formula is C20H24N4O3. The topological polar surface area (TPSA) is 84.4 Å². The van der Waals surface area contributed by atoms with Crippen molar-refractivity contribution in [2.24, 2.45) is 0 Å². The fourth-order valence-corrected chi connectivity index (χ4v) is 3.78. The number of nitrogens with zero attached hydrogens (tertiary/aromatic N) is 3. The molecule has 1 atom stereocenters. The molecule has 1 N–H and O–H groups in total. The average Bonchev–Trinajstić information content (AvgIpc) is 3.39. The number of rotatable bonds is 5. The number of nitrogens with one attached hydrogen (secondary N) is 1. The molecule has 1 aliphatic rings. The zero-order chi connectivity index (χ0) is 19.0. The number of carbonyl (C=O) groups is 1. The maximum atomic E-state index is 12.4. The maximum absolute atomic E-state index is 12.4. The Kier molecular flexibility index (Phi) is 4.70. The Hall–Kier alpha value is -2.67. The molecule has 1 aliphatic heterocycles. The van der Waals surface area contributed by atoms with E-state index in [9.17, 15) is 4.79 Å². The summed E-state index contributed by atoms with van der Waals surface area (Å²) in [5.74, 6) is 0.442. The summed E-state index contributed by atoms with van der Waals surface area (Å²) in [6.07, 6.45) is 2.27. The monoisotopic (exact) mass is 368 g/mol. The number of amides is 1. The fraction of sp³-hybridized carbons (Fsp3) is 0.450. The number of aromatic nitrogens is 2. The van der Waals surface area contributed by atoms with Crippen molar-refractivity contribution < 1.29 is 13.7 Å². The van der Waals surface area contributed by atoms with Gasteiger partial charge in [-0.1, -0.05) is 23.7 Å². The molecule has 1 amide bonds. The van der Waals surface area contributed by atoms with Gasteiger partial charge in [-0.15, -0.1) is 0 Å². The second-order valence-electron chi connectivity index (χ2n) is 7.11. The van der Waals surface area contributed by atoms with Crippen molar-refractivity contribution >= 4 is 16.9 Å². The van der Waals surface area contributed by atoms with Crippen LogP contribution in [-0.2, 0) is 0 Å². The molecule has 0 spiro atoms. The van der Waals surface area contributed by atoms with Crippen LogP contribution in [0.5, 0.6) is 0 Å². The van der Waals surface area contributed by atoms with E-state index in [1.54, 1.807) is 0 Å². The number of carbonyl (C=O) groups excluding carboxylic acids is 1. The van der Waals surface area contributed by atoms with Crippen molar-refractivity contribution in [2.75, 3.05) is 19.6 Å². The van der Waals surface area contributed by atoms with Gasteiger partial charge in [0, 0.05) is 23.5 Å². The van der Waals surface area contributed by atoms with Crippen LogP contribution in [0.2, 0.25) is 0 Å². The Morgan fingerprint density at radius 2 is 2.22 bits per heavy atom. The van der Waals surface area contributed by atoms with Crippen molar-refractivity contribution in [2.45, 2.75) is 39.7 Å². The van der Waals surface area contributed by atoms with Crippen LogP contribution in [0.3, 0.4) is 0 Å². The van der Waals surface area contributed by atoms with Crippen molar-refractivity contribution in [3.63, 3.8) is 0 Å². The van der Waals surface area contributed by atoms with Gasteiger partial charge >= 0.3 is 11.8 Å². The van der Waals surface area contributed by atoms with Crippen molar-refractivity contribution in [1.29, 1.82) is 0 Å². The third-order valence-electron chi connectivity index (χ3n) is 5.32. The zero-order valence-corrected chi connectivity index (χ0v) is 15.9. The van der Waals surface area contributed by atoms with E-state index in [0.29, 0.717) is 24.2 Å². The third-order valence-corrected chi connectivity index (χ3v) is 5.32. The SMILES string of the molecule is CCN1CCC[C@@H]1CNC(=O)c1nc(-c2oc3ccc(C)cc3c2C)no1. The highest BCUT2D eigenvalue weighted by molar-refractivity contribution is 5.90. The van der Waals surface area contributed by atoms with Crippen LogP contribution < -0.4 is 5.32 Å². The van der Waals surface area contributed by atoms with E-state index in [4.69, 9.17) is 8.94 Å². The van der Waals surface area contributed by atoms with Crippen LogP contribution in [0.25, 0.3) is 22.6 Å². The lowest BCUT2D eigenvalue weighted by Crippen LogP contribution is -2.40. The molecule has 1 fully saturated rings. The van der Waals surface area contributed by atoms with E-state index < -0.39 is 0 Å². The summed E-state index contributed by atoms with van der Waals surface area (Å²) in [5, 5.41) is 7.87. The highest BCUT2D eigenvalue weighted by atomic mass is 16.5. The van der Waals surface area contributed by atoms with Crippen LogP contribution in [0.4, 0.5) is 0 Å². The van der Waals surface area contributed by atoms with Gasteiger partial charge in [-0.05, 0) is 51.9 Å². The molecule has 1 saturated heterocycles. The average molecular weight is 368 g/mol. The van der Waals surface area contributed by atoms with Crippen molar-refractivity contribution in [1.82, 2.24) is 20.4 Å². The molecule has 0 saturated carbocycles. The first-order valence-electron chi connectivity index (χ1n) is 9.43. The van der Waals surface area contributed by atoms with Gasteiger partial charge in [-0.25, -0.2) is 0 Å². The highest BCUT2D eigenvalue weighted by Gasteiger charge is 2.25. The van der Waals surface area contributed by atoms with Crippen LogP contribution in [0, 0.1) is 13.8 Å². The molecular weight excluding hydrogens is 344 g/mol. The molecule has 4 rings (SSSR count). The lowest BCUT2D eigenvalue weighted by molar-refractivity contribution is 0.0897. The van der Waals surface area contributed by atoms with Gasteiger partial charge in [0.1, 0.15) is 5.58 Å². The van der Waals surface area contributed by atoms with E-state index in [-0.39, 0.29) is 11.8 Å². The molecule has 7 nitrogen and oxygen atoms in total. The lowest BCUT2D eigenvalue weighted by Gasteiger charge is -2.22. The minimum atomic E-state index is -0.346. The van der Waals surface area contributed by atoms with Crippen LogP contribution in [0.1, 0.15) is 41.6 Å². The van der Waals surface area contributed by atoms with E-state index in [1.165, 1.54) is 6.42 Å². The number of likely N-dealkylation sites (N-methyl/N-ethyl adjacent to an activating group) is 1. The summed E-state index contributed by atoms with van der Waals surface area (Å²) in [6.45, 7) is 8.81. The van der Waals surface area contributed by atoms with Gasteiger partial charge in [0.2, 0.25) is 5.82 Å². The normalized spacial score (nSPS) is 17.7. The summed E-state index contributed by atoms with van der Waals surface area (Å²) in [7, 11) is 0. The molecule has 0 unspecified atom stereocenters. The Bertz CT molecular complexity index is 975. The first kappa shape index (κ1) is 17.7. The van der Waals surface area contributed by atoms with Gasteiger partial charge in [0.05, 0.1) is 0 Å². The van der Waals surface area contributed by atoms with Crippen LogP contribution in [-0.4, -0.2) is 46.6 Å². The van der Waals surface area contributed by atoms with Gasteiger partial charge in [0.15, 0.2) is 5.76 Å². The molecule has 0 radical (unpaired) electrons. The second-order valence-corrected chi connectivity index (χ2v) is 7.11. The molecule has 1 aromatic carbocycles. The molecule has 27 heavy (non-hydrogen) atoms. The molecule has 0 aliphatic carbocycles. The Labute approximate surface area is 157 Å². The van der Waals surface area contributed by atoms with E-state index >= 15 is 0 Å². The Morgan fingerprint density at radius 3 is 3.04 bits per heavy atom. The van der Waals surface area contributed by atoms with Gasteiger partial charge < -0.3 is 14.3 Å². The predicted octanol–water partition coefficient (Wildman–Crippen LogP) is 3.31. The standard InChI is InChI=1S/C20H24N4O3/c1-4-24-9-5-6-14(24)11-21-19(25)20-22-18(23-27-20)17-13(3)15-10-12(2)7-8-16(15)26-17/h7-8,10,14H,4-6,9,11H2,1-3H3,(H,21,25)/t14-/m1/s1. The number of hydrogen-bond donors (Lipinski definition) is 1. The number of likely N-dealkylation sites (tertiary alicyclic amines) is 1. The molecule has 3 aromatic rings. The minimum absolute atomic E-state index is 0.0397. The fourth-order valence-electron chi connectivity index (χ4n) is 3.78. The third kappa shape index (κ3) is 3.35. The first-order valence-corrected chi connectivity index (χ1v) is 9.43. The molecule has 2 aromatic heterocycles. The second kappa shape index (κ2) is 7.15. The summed E-state index contributed by atoms with van der Waals surface area (Å²) in [6, 6.07) is 6.36. The lowest BCUT2D eigenvalue weighted by atomic mass is 10.1. The smallest absolute Gasteiger partial charge is 0.316 e. The van der Waals surface area contributed by atoms with E-state index in [1.807, 2.05) is 26.0 Å². The van der Waals surface area contributed by atoms with Crippen LogP contribution >= 0.6 is 0 Å². The number of furan rings is 1. The van der Waals surface area contributed by atoms with Gasteiger partial charge in [-0.3, -0.25) is 9.69 Å². The minimum Gasteiger partial charge on any atom is -0.452 e. The van der Waals surface area contributed by atoms with Gasteiger partial charge in [0.25, 0.3) is 0 Å². The van der Waals surface area contributed by atoms with E-state index in [2.05, 4.69) is 33.3 Å². The molecule has 3 heterocycles. The molecule has 142 valence electrons. The first-order chi connectivity index (χ1) is 13.1. The number of fused-ring (bicyclic) bond motifs is 1.